The minimum atomic E-state index is -2.07. The van der Waals surface area contributed by atoms with Crippen molar-refractivity contribution in [3.05, 3.63) is 54.4 Å². The summed E-state index contributed by atoms with van der Waals surface area (Å²) >= 11 is 0. The average molecular weight is 411 g/mol. The molecule has 29 heavy (non-hydrogen) atoms. The van der Waals surface area contributed by atoms with Gasteiger partial charge in [0.15, 0.2) is 8.32 Å². The number of benzene rings is 1. The Labute approximate surface area is 173 Å². The minimum absolute atomic E-state index is 0.0612. The summed E-state index contributed by atoms with van der Waals surface area (Å²) in [6.45, 7) is 11.1. The maximum Gasteiger partial charge on any atom is 0.330 e. The van der Waals surface area contributed by atoms with Crippen molar-refractivity contribution in [3.63, 3.8) is 0 Å². The van der Waals surface area contributed by atoms with Gasteiger partial charge in [0.05, 0.1) is 24.4 Å². The van der Waals surface area contributed by atoms with Crippen LogP contribution < -0.4 is 0 Å². The fraction of sp³-hybridized carbons (Fsp3) is 0.391. The summed E-state index contributed by atoms with van der Waals surface area (Å²) in [7, 11) is -0.689. The number of esters is 1. The Morgan fingerprint density at radius 2 is 1.93 bits per heavy atom. The number of nitrogens with zero attached hydrogens (tertiary/aromatic N) is 1. The molecule has 0 fully saturated rings. The molecule has 0 saturated carbocycles. The van der Waals surface area contributed by atoms with Gasteiger partial charge in [0, 0.05) is 28.6 Å². The molecule has 2 heterocycles. The Morgan fingerprint density at radius 3 is 2.62 bits per heavy atom. The molecule has 5 nitrogen and oxygen atoms in total. The zero-order valence-corrected chi connectivity index (χ0v) is 19.1. The highest BCUT2D eigenvalue weighted by Gasteiger charge is 2.40. The molecule has 0 aliphatic heterocycles. The molecular weight excluding hydrogens is 380 g/mol. The quantitative estimate of drug-likeness (QED) is 0.312. The molecule has 154 valence electrons. The van der Waals surface area contributed by atoms with E-state index in [0.29, 0.717) is 6.42 Å². The van der Waals surface area contributed by atoms with E-state index in [0.717, 1.165) is 22.1 Å². The molecule has 0 aliphatic rings. The average Bonchev–Trinajstić information content (AvgIpc) is 3.04. The summed E-state index contributed by atoms with van der Waals surface area (Å²) in [4.78, 5) is 19.8. The van der Waals surface area contributed by atoms with Gasteiger partial charge in [0.25, 0.3) is 0 Å². The third-order valence-corrected chi connectivity index (χ3v) is 10.3. The van der Waals surface area contributed by atoms with E-state index < -0.39 is 8.32 Å². The predicted molar refractivity (Wildman–Crippen MR) is 120 cm³/mol. The Morgan fingerprint density at radius 1 is 1.21 bits per heavy atom. The smallest absolute Gasteiger partial charge is 0.330 e. The maximum atomic E-state index is 11.5. The van der Waals surface area contributed by atoms with Gasteiger partial charge in [-0.05, 0) is 36.7 Å². The molecule has 0 radical (unpaired) electrons. The fourth-order valence-electron chi connectivity index (χ4n) is 3.14. The third-order valence-electron chi connectivity index (χ3n) is 5.81. The van der Waals surface area contributed by atoms with E-state index in [1.54, 1.807) is 0 Å². The lowest BCUT2D eigenvalue weighted by Crippen LogP contribution is -2.42. The normalized spacial score (nSPS) is 14.0. The van der Waals surface area contributed by atoms with Gasteiger partial charge < -0.3 is 14.1 Å². The summed E-state index contributed by atoms with van der Waals surface area (Å²) in [5.74, 6) is -0.368. The highest BCUT2D eigenvalue weighted by Crippen LogP contribution is 2.41. The van der Waals surface area contributed by atoms with Crippen LogP contribution in [-0.2, 0) is 14.0 Å². The Bertz CT molecular complexity index is 1050. The van der Waals surface area contributed by atoms with Gasteiger partial charge in [-0.25, -0.2) is 4.79 Å². The Balaban J connectivity index is 2.07. The van der Waals surface area contributed by atoms with E-state index in [9.17, 15) is 4.79 Å². The van der Waals surface area contributed by atoms with Gasteiger partial charge in [-0.2, -0.15) is 0 Å². The number of methoxy groups -OCH3 is 1. The number of para-hydroxylation sites is 1. The lowest BCUT2D eigenvalue weighted by Gasteiger charge is -2.39. The number of aromatic nitrogens is 2. The number of carbonyl (C=O) groups is 1. The van der Waals surface area contributed by atoms with Crippen molar-refractivity contribution in [2.75, 3.05) is 7.11 Å². The standard InChI is InChI=1S/C23H30N2O3Si/c1-23(2,3)29(5,6)28-19(12-9-13-20(26)27-4)22-21-17(14-15-24-22)16-10-7-8-11-18(16)25-21/h7-11,13-15,19,25H,12H2,1-6H3/b13-9+. The molecule has 0 bridgehead atoms. The van der Waals surface area contributed by atoms with E-state index in [2.05, 4.69) is 51.0 Å². The zero-order valence-electron chi connectivity index (χ0n) is 18.1. The van der Waals surface area contributed by atoms with E-state index in [-0.39, 0.29) is 17.1 Å². The number of fused-ring (bicyclic) bond motifs is 3. The second kappa shape index (κ2) is 8.12. The maximum absolute atomic E-state index is 11.5. The molecule has 2 aromatic heterocycles. The first kappa shape index (κ1) is 21.3. The van der Waals surface area contributed by atoms with Crippen molar-refractivity contribution >= 4 is 36.1 Å². The SMILES string of the molecule is COC(=O)/C=C/CC(O[Si](C)(C)C(C)(C)C)c1nccc2c1[nH]c1ccccc12. The molecule has 1 atom stereocenters. The number of pyridine rings is 1. The summed E-state index contributed by atoms with van der Waals surface area (Å²) in [6.07, 6.45) is 5.39. The van der Waals surface area contributed by atoms with Gasteiger partial charge in [-0.3, -0.25) is 4.98 Å². The molecular formula is C23H30N2O3Si. The largest absolute Gasteiger partial charge is 0.466 e. The molecule has 1 N–H and O–H groups in total. The van der Waals surface area contributed by atoms with E-state index >= 15 is 0 Å². The summed E-state index contributed by atoms with van der Waals surface area (Å²) in [5, 5.41) is 2.36. The van der Waals surface area contributed by atoms with Gasteiger partial charge >= 0.3 is 5.97 Å². The molecule has 1 unspecified atom stereocenters. The van der Waals surface area contributed by atoms with Crippen LogP contribution in [0.4, 0.5) is 0 Å². The molecule has 1 aromatic carbocycles. The summed E-state index contributed by atoms with van der Waals surface area (Å²) in [6, 6.07) is 10.3. The van der Waals surface area contributed by atoms with Crippen LogP contribution in [0, 0.1) is 0 Å². The number of hydrogen-bond acceptors (Lipinski definition) is 4. The van der Waals surface area contributed by atoms with Crippen molar-refractivity contribution in [2.45, 2.75) is 51.4 Å². The molecule has 0 spiro atoms. The third kappa shape index (κ3) is 4.43. The fourth-order valence-corrected chi connectivity index (χ4v) is 4.42. The predicted octanol–water partition coefficient (Wildman–Crippen LogP) is 5.90. The van der Waals surface area contributed by atoms with Crippen LogP contribution in [-0.4, -0.2) is 31.4 Å². The van der Waals surface area contributed by atoms with E-state index in [1.165, 1.54) is 18.6 Å². The first-order valence-corrected chi connectivity index (χ1v) is 12.8. The number of rotatable bonds is 6. The van der Waals surface area contributed by atoms with Gasteiger partial charge in [0.2, 0.25) is 0 Å². The molecule has 0 amide bonds. The number of carbonyl (C=O) groups excluding carboxylic acids is 1. The van der Waals surface area contributed by atoms with Crippen LogP contribution in [0.5, 0.6) is 0 Å². The van der Waals surface area contributed by atoms with Crippen molar-refractivity contribution in [1.29, 1.82) is 0 Å². The van der Waals surface area contributed by atoms with Crippen LogP contribution in [0.15, 0.2) is 48.7 Å². The second-order valence-electron chi connectivity index (χ2n) is 8.82. The van der Waals surface area contributed by atoms with Gasteiger partial charge in [0.1, 0.15) is 0 Å². The number of nitrogens with one attached hydrogen (secondary N) is 1. The van der Waals surface area contributed by atoms with E-state index in [4.69, 9.17) is 14.1 Å². The van der Waals surface area contributed by atoms with Crippen LogP contribution in [0.3, 0.4) is 0 Å². The lowest BCUT2D eigenvalue weighted by molar-refractivity contribution is -0.134. The molecule has 0 aliphatic carbocycles. The zero-order chi connectivity index (χ0) is 21.2. The molecule has 3 aromatic rings. The van der Waals surface area contributed by atoms with Crippen LogP contribution in [0.25, 0.3) is 21.8 Å². The van der Waals surface area contributed by atoms with Crippen LogP contribution in [0.2, 0.25) is 18.1 Å². The van der Waals surface area contributed by atoms with Crippen molar-refractivity contribution in [2.24, 2.45) is 0 Å². The number of ether oxygens (including phenoxy) is 1. The van der Waals surface area contributed by atoms with Crippen LogP contribution in [0.1, 0.15) is 39.0 Å². The number of H-pyrrole nitrogens is 1. The molecule has 3 rings (SSSR count). The number of aromatic amines is 1. The molecule has 0 saturated heterocycles. The highest BCUT2D eigenvalue weighted by atomic mass is 28.4. The highest BCUT2D eigenvalue weighted by molar-refractivity contribution is 6.74. The summed E-state index contributed by atoms with van der Waals surface area (Å²) in [5.41, 5.74) is 2.94. The number of hydrogen-bond donors (Lipinski definition) is 1. The molecule has 6 heteroatoms. The van der Waals surface area contributed by atoms with Gasteiger partial charge in [-0.1, -0.05) is 45.0 Å². The second-order valence-corrected chi connectivity index (χ2v) is 13.6. The van der Waals surface area contributed by atoms with Crippen molar-refractivity contribution in [1.82, 2.24) is 9.97 Å². The lowest BCUT2D eigenvalue weighted by atomic mass is 10.1. The monoisotopic (exact) mass is 410 g/mol. The topological polar surface area (TPSA) is 64.2 Å². The van der Waals surface area contributed by atoms with Crippen molar-refractivity contribution < 1.29 is 14.0 Å². The Hall–Kier alpha value is -2.44. The van der Waals surface area contributed by atoms with E-state index in [1.807, 2.05) is 30.5 Å². The minimum Gasteiger partial charge on any atom is -0.466 e. The van der Waals surface area contributed by atoms with Gasteiger partial charge in [-0.15, -0.1) is 0 Å². The van der Waals surface area contributed by atoms with Crippen LogP contribution >= 0.6 is 0 Å². The first-order valence-electron chi connectivity index (χ1n) is 9.91. The summed E-state index contributed by atoms with van der Waals surface area (Å²) < 4.78 is 11.5. The Kier molecular flexibility index (Phi) is 5.96. The first-order chi connectivity index (χ1) is 13.6. The van der Waals surface area contributed by atoms with Crippen molar-refractivity contribution in [3.8, 4) is 0 Å².